The highest BCUT2D eigenvalue weighted by Gasteiger charge is 2.21. The van der Waals surface area contributed by atoms with E-state index in [1.54, 1.807) is 23.1 Å². The first-order valence-corrected chi connectivity index (χ1v) is 7.25. The van der Waals surface area contributed by atoms with E-state index >= 15 is 0 Å². The zero-order chi connectivity index (χ0) is 13.8. The summed E-state index contributed by atoms with van der Waals surface area (Å²) < 4.78 is 0. The van der Waals surface area contributed by atoms with Crippen LogP contribution in [0.4, 0.5) is 0 Å². The number of carbonyl (C=O) groups excluding carboxylic acids is 1. The van der Waals surface area contributed by atoms with Crippen molar-refractivity contribution in [1.82, 2.24) is 10.2 Å². The van der Waals surface area contributed by atoms with Crippen LogP contribution < -0.4 is 5.32 Å². The number of nitrogens with one attached hydrogen (secondary N) is 1. The minimum atomic E-state index is -0.0639. The molecule has 1 fully saturated rings. The van der Waals surface area contributed by atoms with Gasteiger partial charge in [-0.1, -0.05) is 29.3 Å². The van der Waals surface area contributed by atoms with Crippen LogP contribution in [-0.4, -0.2) is 37.5 Å². The van der Waals surface area contributed by atoms with Crippen LogP contribution in [0.25, 0.3) is 0 Å². The Morgan fingerprint density at radius 3 is 2.74 bits per heavy atom. The Morgan fingerprint density at radius 2 is 2.05 bits per heavy atom. The third-order valence-corrected chi connectivity index (χ3v) is 4.34. The van der Waals surface area contributed by atoms with Gasteiger partial charge in [-0.05, 0) is 44.0 Å². The van der Waals surface area contributed by atoms with Crippen molar-refractivity contribution in [3.8, 4) is 0 Å². The van der Waals surface area contributed by atoms with E-state index in [1.807, 2.05) is 7.05 Å². The molecule has 0 bridgehead atoms. The normalized spacial score (nSPS) is 16.4. The molecule has 0 aromatic heterocycles. The zero-order valence-electron chi connectivity index (χ0n) is 11.0. The van der Waals surface area contributed by atoms with E-state index in [4.69, 9.17) is 23.2 Å². The van der Waals surface area contributed by atoms with Gasteiger partial charge in [-0.25, -0.2) is 0 Å². The molecule has 104 valence electrons. The van der Waals surface area contributed by atoms with Gasteiger partial charge < -0.3 is 10.2 Å². The van der Waals surface area contributed by atoms with Gasteiger partial charge in [-0.2, -0.15) is 0 Å². The van der Waals surface area contributed by atoms with Crippen LogP contribution in [0, 0.1) is 5.92 Å². The summed E-state index contributed by atoms with van der Waals surface area (Å²) in [7, 11) is 1.82. The molecule has 0 saturated carbocycles. The fourth-order valence-corrected chi connectivity index (χ4v) is 2.79. The molecule has 1 aromatic rings. The molecule has 3 nitrogen and oxygen atoms in total. The molecule has 0 atom stereocenters. The topological polar surface area (TPSA) is 32.3 Å². The lowest BCUT2D eigenvalue weighted by molar-refractivity contribution is 0.0763. The Balaban J connectivity index is 2.03. The monoisotopic (exact) mass is 300 g/mol. The van der Waals surface area contributed by atoms with Crippen LogP contribution in [0.2, 0.25) is 10.0 Å². The van der Waals surface area contributed by atoms with Gasteiger partial charge >= 0.3 is 0 Å². The van der Waals surface area contributed by atoms with Crippen molar-refractivity contribution in [2.75, 3.05) is 26.7 Å². The molecule has 0 spiro atoms. The van der Waals surface area contributed by atoms with Gasteiger partial charge in [0.25, 0.3) is 5.91 Å². The maximum atomic E-state index is 12.4. The van der Waals surface area contributed by atoms with E-state index in [1.165, 1.54) is 0 Å². The number of benzene rings is 1. The summed E-state index contributed by atoms with van der Waals surface area (Å²) in [6, 6.07) is 5.16. The smallest absolute Gasteiger partial charge is 0.255 e. The van der Waals surface area contributed by atoms with E-state index in [-0.39, 0.29) is 5.91 Å². The van der Waals surface area contributed by atoms with Crippen LogP contribution in [0.5, 0.6) is 0 Å². The molecule has 2 rings (SSSR count). The van der Waals surface area contributed by atoms with Crippen molar-refractivity contribution in [3.63, 3.8) is 0 Å². The molecule has 5 heteroatoms. The molecule has 1 aliphatic rings. The predicted molar refractivity (Wildman–Crippen MR) is 79.0 cm³/mol. The van der Waals surface area contributed by atoms with Gasteiger partial charge in [0.1, 0.15) is 0 Å². The van der Waals surface area contributed by atoms with Gasteiger partial charge in [-0.15, -0.1) is 0 Å². The maximum absolute atomic E-state index is 12.4. The SMILES string of the molecule is CN(CC1CCNCC1)C(=O)c1cccc(Cl)c1Cl. The minimum absolute atomic E-state index is 0.0639. The van der Waals surface area contributed by atoms with E-state index in [0.717, 1.165) is 32.5 Å². The molecular weight excluding hydrogens is 283 g/mol. The molecule has 1 N–H and O–H groups in total. The first-order valence-electron chi connectivity index (χ1n) is 6.50. The van der Waals surface area contributed by atoms with E-state index in [2.05, 4.69) is 5.32 Å². The summed E-state index contributed by atoms with van der Waals surface area (Å²) >= 11 is 12.0. The van der Waals surface area contributed by atoms with E-state index in [9.17, 15) is 4.79 Å². The van der Waals surface area contributed by atoms with Gasteiger partial charge in [0.2, 0.25) is 0 Å². The molecule has 1 aromatic carbocycles. The molecule has 1 amide bonds. The Bertz CT molecular complexity index is 459. The molecule has 1 heterocycles. The third-order valence-electron chi connectivity index (χ3n) is 3.52. The second kappa shape index (κ2) is 6.60. The lowest BCUT2D eigenvalue weighted by atomic mass is 9.97. The predicted octanol–water partition coefficient (Wildman–Crippen LogP) is 3.07. The number of halogens is 2. The lowest BCUT2D eigenvalue weighted by Crippen LogP contribution is -2.37. The fourth-order valence-electron chi connectivity index (χ4n) is 2.41. The third kappa shape index (κ3) is 3.62. The molecule has 1 saturated heterocycles. The second-order valence-electron chi connectivity index (χ2n) is 4.98. The van der Waals surface area contributed by atoms with E-state index in [0.29, 0.717) is 21.5 Å². The number of hydrogen-bond donors (Lipinski definition) is 1. The highest BCUT2D eigenvalue weighted by Crippen LogP contribution is 2.26. The first-order chi connectivity index (χ1) is 9.09. The first kappa shape index (κ1) is 14.6. The number of rotatable bonds is 3. The summed E-state index contributed by atoms with van der Waals surface area (Å²) in [5.41, 5.74) is 0.477. The van der Waals surface area contributed by atoms with Crippen molar-refractivity contribution in [2.45, 2.75) is 12.8 Å². The highest BCUT2D eigenvalue weighted by molar-refractivity contribution is 6.43. The van der Waals surface area contributed by atoms with Crippen LogP contribution in [0.3, 0.4) is 0 Å². The minimum Gasteiger partial charge on any atom is -0.341 e. The standard InChI is InChI=1S/C14H18Cl2N2O/c1-18(9-10-5-7-17-8-6-10)14(19)11-3-2-4-12(15)13(11)16/h2-4,10,17H,5-9H2,1H3. The summed E-state index contributed by atoms with van der Waals surface area (Å²) in [5.74, 6) is 0.499. The van der Waals surface area contributed by atoms with Crippen molar-refractivity contribution >= 4 is 29.1 Å². The van der Waals surface area contributed by atoms with Crippen LogP contribution in [0.15, 0.2) is 18.2 Å². The Hall–Kier alpha value is -0.770. The molecule has 1 aliphatic heterocycles. The van der Waals surface area contributed by atoms with Crippen molar-refractivity contribution < 1.29 is 4.79 Å². The number of piperidine rings is 1. The quantitative estimate of drug-likeness (QED) is 0.930. The maximum Gasteiger partial charge on any atom is 0.255 e. The van der Waals surface area contributed by atoms with Crippen molar-refractivity contribution in [2.24, 2.45) is 5.92 Å². The zero-order valence-corrected chi connectivity index (χ0v) is 12.5. The van der Waals surface area contributed by atoms with Gasteiger partial charge in [-0.3, -0.25) is 4.79 Å². The molecule has 19 heavy (non-hydrogen) atoms. The van der Waals surface area contributed by atoms with Crippen LogP contribution >= 0.6 is 23.2 Å². The van der Waals surface area contributed by atoms with Gasteiger partial charge in [0.05, 0.1) is 15.6 Å². The number of nitrogens with zero attached hydrogens (tertiary/aromatic N) is 1. The molecular formula is C14H18Cl2N2O. The Morgan fingerprint density at radius 1 is 1.37 bits per heavy atom. The molecule has 0 aliphatic carbocycles. The number of carbonyl (C=O) groups is 1. The van der Waals surface area contributed by atoms with Gasteiger partial charge in [0, 0.05) is 13.6 Å². The summed E-state index contributed by atoms with van der Waals surface area (Å²) in [5, 5.41) is 4.08. The molecule has 0 unspecified atom stereocenters. The summed E-state index contributed by atoms with van der Waals surface area (Å²) in [6.07, 6.45) is 2.22. The van der Waals surface area contributed by atoms with Crippen LogP contribution in [0.1, 0.15) is 23.2 Å². The lowest BCUT2D eigenvalue weighted by Gasteiger charge is -2.27. The number of hydrogen-bond acceptors (Lipinski definition) is 2. The Kier molecular flexibility index (Phi) is 5.08. The largest absolute Gasteiger partial charge is 0.341 e. The average molecular weight is 301 g/mol. The Labute approximate surface area is 123 Å². The van der Waals surface area contributed by atoms with E-state index < -0.39 is 0 Å². The molecule has 0 radical (unpaired) electrons. The van der Waals surface area contributed by atoms with Crippen molar-refractivity contribution in [3.05, 3.63) is 33.8 Å². The van der Waals surface area contributed by atoms with Gasteiger partial charge in [0.15, 0.2) is 0 Å². The second-order valence-corrected chi connectivity index (χ2v) is 5.77. The number of amides is 1. The van der Waals surface area contributed by atoms with Crippen LogP contribution in [-0.2, 0) is 0 Å². The average Bonchev–Trinajstić information content (AvgIpc) is 2.42. The van der Waals surface area contributed by atoms with Crippen molar-refractivity contribution in [1.29, 1.82) is 0 Å². The summed E-state index contributed by atoms with van der Waals surface area (Å²) in [4.78, 5) is 14.1. The summed E-state index contributed by atoms with van der Waals surface area (Å²) in [6.45, 7) is 2.83. The fraction of sp³-hybridized carbons (Fsp3) is 0.500. The highest BCUT2D eigenvalue weighted by atomic mass is 35.5.